The molecule has 0 aliphatic carbocycles. The molecule has 30 heavy (non-hydrogen) atoms. The van der Waals surface area contributed by atoms with Gasteiger partial charge in [-0.25, -0.2) is 14.8 Å². The van der Waals surface area contributed by atoms with Crippen LogP contribution in [0.1, 0.15) is 23.0 Å². The third kappa shape index (κ3) is 3.65. The molecule has 4 rings (SSSR count). The van der Waals surface area contributed by atoms with E-state index in [1.165, 1.54) is 0 Å². The molecule has 0 bridgehead atoms. The zero-order valence-corrected chi connectivity index (χ0v) is 18.5. The summed E-state index contributed by atoms with van der Waals surface area (Å²) >= 11 is 12.3. The maximum Gasteiger partial charge on any atom is 0.341 e. The summed E-state index contributed by atoms with van der Waals surface area (Å²) in [5, 5.41) is 6.41. The number of fused-ring (bicyclic) bond motifs is 1. The predicted molar refractivity (Wildman–Crippen MR) is 118 cm³/mol. The lowest BCUT2D eigenvalue weighted by atomic mass is 10.1. The fourth-order valence-corrected chi connectivity index (χ4v) is 4.36. The highest BCUT2D eigenvalue weighted by atomic mass is 35.5. The first-order chi connectivity index (χ1) is 14.4. The van der Waals surface area contributed by atoms with Crippen LogP contribution in [0.2, 0.25) is 10.0 Å². The molecule has 1 aliphatic rings. The van der Waals surface area contributed by atoms with Crippen LogP contribution in [-0.4, -0.2) is 58.5 Å². The summed E-state index contributed by atoms with van der Waals surface area (Å²) in [4.78, 5) is 25.8. The van der Waals surface area contributed by atoms with Crippen LogP contribution in [0.5, 0.6) is 0 Å². The Morgan fingerprint density at radius 2 is 1.83 bits per heavy atom. The molecule has 158 valence electrons. The summed E-state index contributed by atoms with van der Waals surface area (Å²) in [5.41, 5.74) is 2.83. The third-order valence-electron chi connectivity index (χ3n) is 5.18. The number of piperazine rings is 1. The number of anilines is 2. The maximum atomic E-state index is 12.7. The Kier molecular flexibility index (Phi) is 5.71. The van der Waals surface area contributed by atoms with Gasteiger partial charge in [-0.1, -0.05) is 23.2 Å². The predicted octanol–water partition coefficient (Wildman–Crippen LogP) is 3.48. The highest BCUT2D eigenvalue weighted by Crippen LogP contribution is 2.34. The van der Waals surface area contributed by atoms with E-state index < -0.39 is 0 Å². The molecule has 0 atom stereocenters. The van der Waals surface area contributed by atoms with E-state index in [0.717, 1.165) is 22.4 Å². The summed E-state index contributed by atoms with van der Waals surface area (Å²) in [5.74, 6) is 0.332. The molecule has 1 fully saturated rings. The highest BCUT2D eigenvalue weighted by Gasteiger charge is 2.28. The Labute approximate surface area is 184 Å². The van der Waals surface area contributed by atoms with Gasteiger partial charge in [-0.2, -0.15) is 5.10 Å². The topological polar surface area (TPSA) is 76.4 Å². The molecule has 3 aromatic rings. The van der Waals surface area contributed by atoms with E-state index in [4.69, 9.17) is 27.9 Å². The zero-order valence-electron chi connectivity index (χ0n) is 17.0. The molecule has 0 radical (unpaired) electrons. The molecule has 0 N–H and O–H groups in total. The van der Waals surface area contributed by atoms with Crippen LogP contribution in [0.25, 0.3) is 11.0 Å². The molecule has 8 nitrogen and oxygen atoms in total. The van der Waals surface area contributed by atoms with E-state index >= 15 is 0 Å². The molecule has 10 heteroatoms. The van der Waals surface area contributed by atoms with Gasteiger partial charge < -0.3 is 14.5 Å². The Morgan fingerprint density at radius 3 is 2.50 bits per heavy atom. The van der Waals surface area contributed by atoms with Crippen LogP contribution >= 0.6 is 23.2 Å². The van der Waals surface area contributed by atoms with E-state index in [2.05, 4.69) is 24.9 Å². The van der Waals surface area contributed by atoms with Gasteiger partial charge in [0.15, 0.2) is 5.65 Å². The molecule has 0 amide bonds. The van der Waals surface area contributed by atoms with E-state index in [9.17, 15) is 4.79 Å². The summed E-state index contributed by atoms with van der Waals surface area (Å²) in [7, 11) is 1.85. The van der Waals surface area contributed by atoms with Crippen molar-refractivity contribution >= 4 is 51.7 Å². The first kappa shape index (κ1) is 20.7. The number of rotatable bonds is 4. The summed E-state index contributed by atoms with van der Waals surface area (Å²) in [6.45, 7) is 6.77. The average Bonchev–Trinajstić information content (AvgIpc) is 3.01. The van der Waals surface area contributed by atoms with Crippen molar-refractivity contribution in [1.29, 1.82) is 0 Å². The Hall–Kier alpha value is -2.58. The fraction of sp³-hybridized carbons (Fsp3) is 0.400. The largest absolute Gasteiger partial charge is 0.462 e. The van der Waals surface area contributed by atoms with E-state index in [1.807, 2.05) is 14.0 Å². The standard InChI is InChI=1S/C20H22Cl2N6O2/c1-4-30-20(29)14-11-24-19-16(12(2)25-26(19)3)17(14)27-5-7-28(8-6-27)18-15(22)9-13(21)10-23-18/h9-11H,4-8H2,1-3H3. The minimum absolute atomic E-state index is 0.302. The van der Waals surface area contributed by atoms with Crippen LogP contribution in [0.15, 0.2) is 18.5 Å². The highest BCUT2D eigenvalue weighted by molar-refractivity contribution is 6.36. The van der Waals surface area contributed by atoms with Gasteiger partial charge in [0.25, 0.3) is 0 Å². The number of pyridine rings is 2. The molecular formula is C20H22Cl2N6O2. The summed E-state index contributed by atoms with van der Waals surface area (Å²) in [6.07, 6.45) is 3.18. The third-order valence-corrected chi connectivity index (χ3v) is 5.66. The molecular weight excluding hydrogens is 427 g/mol. The van der Waals surface area contributed by atoms with Gasteiger partial charge in [0.2, 0.25) is 0 Å². The second-order valence-corrected chi connectivity index (χ2v) is 7.93. The number of carbonyl (C=O) groups is 1. The molecule has 1 aliphatic heterocycles. The normalized spacial score (nSPS) is 14.4. The lowest BCUT2D eigenvalue weighted by Crippen LogP contribution is -2.47. The van der Waals surface area contributed by atoms with Gasteiger partial charge in [0.1, 0.15) is 11.4 Å². The van der Waals surface area contributed by atoms with Crippen LogP contribution < -0.4 is 9.80 Å². The van der Waals surface area contributed by atoms with Crippen LogP contribution in [-0.2, 0) is 11.8 Å². The number of hydrogen-bond donors (Lipinski definition) is 0. The molecule has 3 aromatic heterocycles. The van der Waals surface area contributed by atoms with Crippen molar-refractivity contribution in [2.75, 3.05) is 42.6 Å². The van der Waals surface area contributed by atoms with Crippen LogP contribution in [0.4, 0.5) is 11.5 Å². The molecule has 0 unspecified atom stereocenters. The molecule has 0 saturated carbocycles. The van der Waals surface area contributed by atoms with Gasteiger partial charge in [0, 0.05) is 45.6 Å². The lowest BCUT2D eigenvalue weighted by Gasteiger charge is -2.37. The van der Waals surface area contributed by atoms with Gasteiger partial charge in [-0.15, -0.1) is 0 Å². The van der Waals surface area contributed by atoms with Crippen molar-refractivity contribution in [2.45, 2.75) is 13.8 Å². The van der Waals surface area contributed by atoms with Gasteiger partial charge in [-0.05, 0) is 19.9 Å². The number of aromatic nitrogens is 4. The number of esters is 1. The van der Waals surface area contributed by atoms with Gasteiger partial charge in [-0.3, -0.25) is 4.68 Å². The Bertz CT molecular complexity index is 1110. The first-order valence-electron chi connectivity index (χ1n) is 9.71. The monoisotopic (exact) mass is 448 g/mol. The fourth-order valence-electron chi connectivity index (χ4n) is 3.86. The second kappa shape index (κ2) is 8.28. The lowest BCUT2D eigenvalue weighted by molar-refractivity contribution is 0.0527. The van der Waals surface area contributed by atoms with Crippen molar-refractivity contribution in [3.8, 4) is 0 Å². The number of aryl methyl sites for hydroxylation is 2. The average molecular weight is 449 g/mol. The van der Waals surface area contributed by atoms with E-state index in [0.29, 0.717) is 54.2 Å². The molecule has 0 spiro atoms. The van der Waals surface area contributed by atoms with E-state index in [-0.39, 0.29) is 5.97 Å². The van der Waals surface area contributed by atoms with Gasteiger partial charge >= 0.3 is 5.97 Å². The smallest absolute Gasteiger partial charge is 0.341 e. The molecule has 0 aromatic carbocycles. The number of ether oxygens (including phenoxy) is 1. The SMILES string of the molecule is CCOC(=O)c1cnc2c(c(C)nn2C)c1N1CCN(c2ncc(Cl)cc2Cl)CC1. The molecule has 4 heterocycles. The van der Waals surface area contributed by atoms with Crippen molar-refractivity contribution in [3.63, 3.8) is 0 Å². The zero-order chi connectivity index (χ0) is 21.4. The summed E-state index contributed by atoms with van der Waals surface area (Å²) < 4.78 is 7.02. The van der Waals surface area contributed by atoms with E-state index in [1.54, 1.807) is 30.1 Å². The second-order valence-electron chi connectivity index (χ2n) is 7.08. The number of carbonyl (C=O) groups excluding carboxylic acids is 1. The van der Waals surface area contributed by atoms with Crippen molar-refractivity contribution in [1.82, 2.24) is 19.7 Å². The summed E-state index contributed by atoms with van der Waals surface area (Å²) in [6, 6.07) is 1.70. The first-order valence-corrected chi connectivity index (χ1v) is 10.5. The van der Waals surface area contributed by atoms with Gasteiger partial charge in [0.05, 0.1) is 33.4 Å². The Morgan fingerprint density at radius 1 is 1.13 bits per heavy atom. The number of halogens is 2. The minimum atomic E-state index is -0.380. The quantitative estimate of drug-likeness (QED) is 0.565. The van der Waals surface area contributed by atoms with Crippen molar-refractivity contribution in [3.05, 3.63) is 39.8 Å². The van der Waals surface area contributed by atoms with Crippen LogP contribution in [0.3, 0.4) is 0 Å². The number of hydrogen-bond acceptors (Lipinski definition) is 7. The van der Waals surface area contributed by atoms with Crippen LogP contribution in [0, 0.1) is 6.92 Å². The maximum absolute atomic E-state index is 12.7. The minimum Gasteiger partial charge on any atom is -0.462 e. The molecule has 1 saturated heterocycles. The van der Waals surface area contributed by atoms with Crippen molar-refractivity contribution < 1.29 is 9.53 Å². The Balaban J connectivity index is 1.69. The van der Waals surface area contributed by atoms with Crippen molar-refractivity contribution in [2.24, 2.45) is 7.05 Å². The number of nitrogens with zero attached hydrogens (tertiary/aromatic N) is 6.